The second kappa shape index (κ2) is 10.1. The van der Waals surface area contributed by atoms with Crippen LogP contribution in [0.3, 0.4) is 0 Å². The van der Waals surface area contributed by atoms with E-state index in [-0.39, 0.29) is 39.7 Å². The molecule has 4 heteroatoms. The maximum absolute atomic E-state index is 12.9. The standard InChI is InChI=1S/C36H58O4/c1-9-10-11-12-29(37)40-28-17-18-33(6)26(32(28,4)5)16-19-35(8)27(33)14-13-25-30-24(3)23(2)15-20-36(30,31(38)39)22-21-34(25,35)7/h13,23-24,26-28,30H,9-12,14-22H2,1-8H3,(H,38,39)/t23-,24+,26+,27-,28+,30+,33+,34-,35-,36+/m1/s1. The highest BCUT2D eigenvalue weighted by Crippen LogP contribution is 2.75. The van der Waals surface area contributed by atoms with Crippen molar-refractivity contribution >= 4 is 11.9 Å². The zero-order valence-corrected chi connectivity index (χ0v) is 26.9. The number of fused-ring (bicyclic) bond motifs is 7. The van der Waals surface area contributed by atoms with Crippen molar-refractivity contribution in [3.8, 4) is 0 Å². The van der Waals surface area contributed by atoms with Crippen molar-refractivity contribution in [2.24, 2.45) is 56.7 Å². The van der Waals surface area contributed by atoms with Gasteiger partial charge in [0.15, 0.2) is 0 Å². The molecule has 5 rings (SSSR count). The number of ether oxygens (including phenoxy) is 1. The topological polar surface area (TPSA) is 63.6 Å². The third-order valence-electron chi connectivity index (χ3n) is 14.6. The van der Waals surface area contributed by atoms with Crippen LogP contribution in [0.4, 0.5) is 0 Å². The molecule has 0 heterocycles. The number of carboxylic acids is 1. The van der Waals surface area contributed by atoms with Gasteiger partial charge in [-0.05, 0) is 110 Å². The first-order chi connectivity index (χ1) is 18.7. The maximum atomic E-state index is 12.9. The van der Waals surface area contributed by atoms with E-state index in [0.717, 1.165) is 64.2 Å². The maximum Gasteiger partial charge on any atom is 0.310 e. The molecule has 1 N–H and O–H groups in total. The van der Waals surface area contributed by atoms with Gasteiger partial charge >= 0.3 is 11.9 Å². The second-order valence-electron chi connectivity index (χ2n) is 16.4. The minimum absolute atomic E-state index is 0.00442. The quantitative estimate of drug-likeness (QED) is 0.202. The molecule has 0 aromatic heterocycles. The number of esters is 1. The molecule has 0 radical (unpaired) electrons. The summed E-state index contributed by atoms with van der Waals surface area (Å²) >= 11 is 0. The van der Waals surface area contributed by atoms with Gasteiger partial charge in [-0.25, -0.2) is 0 Å². The molecule has 40 heavy (non-hydrogen) atoms. The summed E-state index contributed by atoms with van der Waals surface area (Å²) in [5.74, 6) is 1.68. The Balaban J connectivity index is 1.46. The van der Waals surface area contributed by atoms with E-state index in [4.69, 9.17) is 4.74 Å². The number of unbranched alkanes of at least 4 members (excludes halogenated alkanes) is 2. The Bertz CT molecular complexity index is 1040. The van der Waals surface area contributed by atoms with Crippen molar-refractivity contribution < 1.29 is 19.4 Å². The Hall–Kier alpha value is -1.32. The van der Waals surface area contributed by atoms with Crippen molar-refractivity contribution in [2.45, 2.75) is 145 Å². The SMILES string of the molecule is CCCCCC(=O)O[C@H]1CC[C@]2(C)[C@H]3CC=C4[C@@H]5[C@@H](C)[C@H](C)CC[C@]5(C(=O)O)CC[C@@]4(C)[C@]3(C)CC[C@H]2C1(C)C. The highest BCUT2D eigenvalue weighted by molar-refractivity contribution is 5.76. The molecule has 4 fully saturated rings. The molecule has 4 saturated carbocycles. The first kappa shape index (κ1) is 30.1. The van der Waals surface area contributed by atoms with Crippen molar-refractivity contribution in [3.05, 3.63) is 11.6 Å². The molecular formula is C36H58O4. The van der Waals surface area contributed by atoms with Gasteiger partial charge in [0.2, 0.25) is 0 Å². The molecule has 0 bridgehead atoms. The average molecular weight is 555 g/mol. The zero-order chi connectivity index (χ0) is 29.3. The van der Waals surface area contributed by atoms with Gasteiger partial charge in [0.25, 0.3) is 0 Å². The predicted octanol–water partition coefficient (Wildman–Crippen LogP) is 9.22. The van der Waals surface area contributed by atoms with Crippen LogP contribution in [0, 0.1) is 56.7 Å². The highest BCUT2D eigenvalue weighted by atomic mass is 16.5. The van der Waals surface area contributed by atoms with Gasteiger partial charge in [0.1, 0.15) is 6.10 Å². The van der Waals surface area contributed by atoms with Gasteiger partial charge in [-0.2, -0.15) is 0 Å². The number of allylic oxidation sites excluding steroid dienone is 2. The van der Waals surface area contributed by atoms with Crippen molar-refractivity contribution in [3.63, 3.8) is 0 Å². The van der Waals surface area contributed by atoms with Crippen molar-refractivity contribution in [1.29, 1.82) is 0 Å². The minimum Gasteiger partial charge on any atom is -0.481 e. The number of rotatable bonds is 6. The van der Waals surface area contributed by atoms with E-state index in [9.17, 15) is 14.7 Å². The van der Waals surface area contributed by atoms with Gasteiger partial charge in [-0.3, -0.25) is 9.59 Å². The minimum atomic E-state index is -0.581. The van der Waals surface area contributed by atoms with Crippen LogP contribution in [0.5, 0.6) is 0 Å². The van der Waals surface area contributed by atoms with E-state index < -0.39 is 11.4 Å². The second-order valence-corrected chi connectivity index (χ2v) is 16.4. The summed E-state index contributed by atoms with van der Waals surface area (Å²) in [6, 6.07) is 0. The Morgan fingerprint density at radius 2 is 1.65 bits per heavy atom. The predicted molar refractivity (Wildman–Crippen MR) is 161 cm³/mol. The van der Waals surface area contributed by atoms with Crippen molar-refractivity contribution in [1.82, 2.24) is 0 Å². The summed E-state index contributed by atoms with van der Waals surface area (Å²) < 4.78 is 6.22. The van der Waals surface area contributed by atoms with Crippen LogP contribution >= 0.6 is 0 Å². The normalized spacial score (nSPS) is 47.5. The van der Waals surface area contributed by atoms with Gasteiger partial charge < -0.3 is 9.84 Å². The molecule has 0 spiro atoms. The van der Waals surface area contributed by atoms with Crippen LogP contribution in [-0.2, 0) is 14.3 Å². The van der Waals surface area contributed by atoms with Gasteiger partial charge in [-0.15, -0.1) is 0 Å². The lowest BCUT2D eigenvalue weighted by Gasteiger charge is -2.71. The monoisotopic (exact) mass is 554 g/mol. The van der Waals surface area contributed by atoms with Crippen LogP contribution in [0.15, 0.2) is 11.6 Å². The average Bonchev–Trinajstić information content (AvgIpc) is 2.88. The number of hydrogen-bond donors (Lipinski definition) is 1. The van der Waals surface area contributed by atoms with E-state index in [1.165, 1.54) is 18.4 Å². The molecule has 5 aliphatic carbocycles. The Morgan fingerprint density at radius 1 is 0.925 bits per heavy atom. The number of hydrogen-bond acceptors (Lipinski definition) is 3. The Morgan fingerprint density at radius 3 is 2.33 bits per heavy atom. The van der Waals surface area contributed by atoms with Gasteiger partial charge in [0.05, 0.1) is 5.41 Å². The Kier molecular flexibility index (Phi) is 7.65. The number of carbonyl (C=O) groups excluding carboxylic acids is 1. The van der Waals surface area contributed by atoms with E-state index in [0.29, 0.717) is 30.1 Å². The van der Waals surface area contributed by atoms with Crippen LogP contribution < -0.4 is 0 Å². The first-order valence-corrected chi connectivity index (χ1v) is 16.8. The fourth-order valence-electron chi connectivity index (χ4n) is 11.8. The molecule has 0 amide bonds. The lowest BCUT2D eigenvalue weighted by Crippen LogP contribution is -2.65. The summed E-state index contributed by atoms with van der Waals surface area (Å²) in [6.07, 6.45) is 15.4. The largest absolute Gasteiger partial charge is 0.481 e. The summed E-state index contributed by atoms with van der Waals surface area (Å²) in [5, 5.41) is 10.6. The molecule has 226 valence electrons. The molecule has 0 saturated heterocycles. The summed E-state index contributed by atoms with van der Waals surface area (Å²) in [6.45, 7) is 19.3. The molecule has 0 aliphatic heterocycles. The first-order valence-electron chi connectivity index (χ1n) is 16.8. The molecular weight excluding hydrogens is 496 g/mol. The molecule has 4 nitrogen and oxygen atoms in total. The van der Waals surface area contributed by atoms with Crippen LogP contribution in [0.1, 0.15) is 139 Å². The van der Waals surface area contributed by atoms with E-state index in [1.807, 2.05) is 0 Å². The van der Waals surface area contributed by atoms with E-state index in [2.05, 4.69) is 61.5 Å². The fourth-order valence-corrected chi connectivity index (χ4v) is 11.8. The van der Waals surface area contributed by atoms with Crippen LogP contribution in [0.2, 0.25) is 0 Å². The van der Waals surface area contributed by atoms with E-state index >= 15 is 0 Å². The number of carboxylic acid groups (broad SMARTS) is 1. The Labute approximate surface area is 244 Å². The molecule has 5 aliphatic rings. The van der Waals surface area contributed by atoms with Gasteiger partial charge in [-0.1, -0.05) is 79.9 Å². The summed E-state index contributed by atoms with van der Waals surface area (Å²) in [4.78, 5) is 25.7. The summed E-state index contributed by atoms with van der Waals surface area (Å²) in [7, 11) is 0. The van der Waals surface area contributed by atoms with Crippen LogP contribution in [0.25, 0.3) is 0 Å². The van der Waals surface area contributed by atoms with Gasteiger partial charge in [0, 0.05) is 11.8 Å². The summed E-state index contributed by atoms with van der Waals surface area (Å²) in [5.41, 5.74) is 1.29. The zero-order valence-electron chi connectivity index (χ0n) is 26.9. The molecule has 0 aromatic rings. The highest BCUT2D eigenvalue weighted by Gasteiger charge is 2.69. The fraction of sp³-hybridized carbons (Fsp3) is 0.889. The molecule has 0 unspecified atom stereocenters. The molecule has 0 aromatic carbocycles. The third-order valence-corrected chi connectivity index (χ3v) is 14.6. The van der Waals surface area contributed by atoms with E-state index in [1.54, 1.807) is 0 Å². The third kappa shape index (κ3) is 4.10. The smallest absolute Gasteiger partial charge is 0.310 e. The molecule has 10 atom stereocenters. The number of aliphatic carboxylic acids is 1. The number of carbonyl (C=O) groups is 2. The lowest BCUT2D eigenvalue weighted by molar-refractivity contribution is -0.214. The van der Waals surface area contributed by atoms with Crippen LogP contribution in [-0.4, -0.2) is 23.1 Å². The van der Waals surface area contributed by atoms with Crippen molar-refractivity contribution in [2.75, 3.05) is 0 Å². The lowest BCUT2D eigenvalue weighted by atomic mass is 9.33.